The molecule has 3 rings (SSSR count). The van der Waals surface area contributed by atoms with Crippen molar-refractivity contribution in [1.82, 2.24) is 14.9 Å². The maximum absolute atomic E-state index is 5.32. The highest BCUT2D eigenvalue weighted by Crippen LogP contribution is 2.21. The van der Waals surface area contributed by atoms with E-state index in [1.807, 2.05) is 24.4 Å². The smallest absolute Gasteiger partial charge is 0.216 e. The molecule has 0 saturated heterocycles. The molecule has 0 bridgehead atoms. The van der Waals surface area contributed by atoms with Crippen LogP contribution in [0.4, 0.5) is 0 Å². The molecule has 1 aromatic heterocycles. The van der Waals surface area contributed by atoms with Gasteiger partial charge in [0.25, 0.3) is 0 Å². The predicted octanol–water partition coefficient (Wildman–Crippen LogP) is 4.91. The highest BCUT2D eigenvalue weighted by Gasteiger charge is 2.12. The van der Waals surface area contributed by atoms with Crippen molar-refractivity contribution >= 4 is 18.4 Å². The summed E-state index contributed by atoms with van der Waals surface area (Å²) in [6.07, 6.45) is 3.50. The van der Waals surface area contributed by atoms with E-state index >= 15 is 0 Å². The van der Waals surface area contributed by atoms with E-state index < -0.39 is 0 Å². The molecule has 0 radical (unpaired) electrons. The lowest BCUT2D eigenvalue weighted by Crippen LogP contribution is -2.10. The predicted molar refractivity (Wildman–Crippen MR) is 109 cm³/mol. The summed E-state index contributed by atoms with van der Waals surface area (Å²) in [4.78, 5) is 0. The van der Waals surface area contributed by atoms with Crippen LogP contribution in [0.1, 0.15) is 43.3 Å². The molecule has 0 aliphatic rings. The number of aromatic amines is 1. The Labute approximate surface area is 159 Å². The highest BCUT2D eigenvalue weighted by atomic mass is 32.1. The van der Waals surface area contributed by atoms with Gasteiger partial charge >= 0.3 is 0 Å². The topological polar surface area (TPSA) is 46.0 Å². The molecular formula is C21H24N4S. The van der Waals surface area contributed by atoms with Gasteiger partial charge in [0.15, 0.2) is 5.82 Å². The summed E-state index contributed by atoms with van der Waals surface area (Å²) >= 11 is 5.32. The third-order valence-corrected chi connectivity index (χ3v) is 4.56. The van der Waals surface area contributed by atoms with Gasteiger partial charge in [-0.3, -0.25) is 5.10 Å². The van der Waals surface area contributed by atoms with Gasteiger partial charge in [0, 0.05) is 6.42 Å². The lowest BCUT2D eigenvalue weighted by Gasteiger charge is -2.18. The summed E-state index contributed by atoms with van der Waals surface area (Å²) in [6, 6.07) is 18.8. The quantitative estimate of drug-likeness (QED) is 0.517. The Bertz CT molecular complexity index is 929. The van der Waals surface area contributed by atoms with Crippen molar-refractivity contribution in [2.24, 2.45) is 5.10 Å². The first-order valence-electron chi connectivity index (χ1n) is 8.78. The summed E-state index contributed by atoms with van der Waals surface area (Å²) in [5, 5.41) is 11.7. The molecule has 0 amide bonds. The van der Waals surface area contributed by atoms with Gasteiger partial charge in [-0.25, -0.2) is 0 Å². The molecule has 26 heavy (non-hydrogen) atoms. The van der Waals surface area contributed by atoms with Crippen molar-refractivity contribution in [3.05, 3.63) is 81.9 Å². The molecule has 0 saturated carbocycles. The van der Waals surface area contributed by atoms with Crippen LogP contribution in [0, 0.1) is 4.77 Å². The Morgan fingerprint density at radius 3 is 2.38 bits per heavy atom. The molecule has 0 fully saturated rings. The van der Waals surface area contributed by atoms with E-state index in [0.29, 0.717) is 4.77 Å². The molecule has 0 spiro atoms. The number of hydrogen-bond donors (Lipinski definition) is 1. The third-order valence-electron chi connectivity index (χ3n) is 4.30. The van der Waals surface area contributed by atoms with Crippen molar-refractivity contribution in [2.75, 3.05) is 0 Å². The van der Waals surface area contributed by atoms with E-state index in [1.54, 1.807) is 4.68 Å². The van der Waals surface area contributed by atoms with Crippen molar-refractivity contribution in [2.45, 2.75) is 39.0 Å². The fourth-order valence-electron chi connectivity index (χ4n) is 2.70. The molecule has 1 N–H and O–H groups in total. The van der Waals surface area contributed by atoms with Crippen LogP contribution < -0.4 is 0 Å². The molecule has 1 heterocycles. The lowest BCUT2D eigenvalue weighted by atomic mass is 9.87. The van der Waals surface area contributed by atoms with Crippen LogP contribution in [0.15, 0.2) is 59.7 Å². The average Bonchev–Trinajstić information content (AvgIpc) is 2.98. The number of aryl methyl sites for hydroxylation is 2. The van der Waals surface area contributed by atoms with E-state index in [2.05, 4.69) is 72.5 Å². The number of aromatic nitrogens is 3. The second-order valence-corrected chi connectivity index (χ2v) is 7.75. The summed E-state index contributed by atoms with van der Waals surface area (Å²) in [5.41, 5.74) is 3.76. The molecule has 5 heteroatoms. The van der Waals surface area contributed by atoms with Gasteiger partial charge in [0.05, 0.1) is 6.21 Å². The summed E-state index contributed by atoms with van der Waals surface area (Å²) in [7, 11) is 0. The minimum absolute atomic E-state index is 0.146. The largest absolute Gasteiger partial charge is 0.250 e. The van der Waals surface area contributed by atoms with E-state index in [1.165, 1.54) is 11.1 Å². The minimum Gasteiger partial charge on any atom is -0.250 e. The zero-order chi connectivity index (χ0) is 18.6. The molecule has 0 aliphatic heterocycles. The molecule has 0 atom stereocenters. The molecule has 2 aromatic carbocycles. The van der Waals surface area contributed by atoms with Gasteiger partial charge < -0.3 is 0 Å². The number of nitrogens with one attached hydrogen (secondary N) is 1. The van der Waals surface area contributed by atoms with E-state index in [4.69, 9.17) is 12.2 Å². The molecule has 0 unspecified atom stereocenters. The fraction of sp³-hybridized carbons (Fsp3) is 0.286. The number of nitrogens with zero attached hydrogens (tertiary/aromatic N) is 3. The summed E-state index contributed by atoms with van der Waals surface area (Å²) in [5.74, 6) is 0.835. The van der Waals surface area contributed by atoms with Crippen LogP contribution in [0.2, 0.25) is 0 Å². The monoisotopic (exact) mass is 364 g/mol. The first-order valence-corrected chi connectivity index (χ1v) is 9.19. The lowest BCUT2D eigenvalue weighted by molar-refractivity contribution is 0.590. The summed E-state index contributed by atoms with van der Waals surface area (Å²) in [6.45, 7) is 6.62. The maximum atomic E-state index is 5.32. The normalized spacial score (nSPS) is 12.0. The zero-order valence-corrected chi connectivity index (χ0v) is 16.3. The second-order valence-electron chi connectivity index (χ2n) is 7.36. The van der Waals surface area contributed by atoms with Crippen LogP contribution in [-0.2, 0) is 18.3 Å². The van der Waals surface area contributed by atoms with Crippen LogP contribution >= 0.6 is 12.2 Å². The molecule has 3 aromatic rings. The fourth-order valence-corrected chi connectivity index (χ4v) is 2.90. The first-order chi connectivity index (χ1) is 12.4. The van der Waals surface area contributed by atoms with Gasteiger partial charge in [-0.2, -0.15) is 14.9 Å². The highest BCUT2D eigenvalue weighted by molar-refractivity contribution is 7.71. The maximum Gasteiger partial charge on any atom is 0.216 e. The Morgan fingerprint density at radius 1 is 1.04 bits per heavy atom. The molecular weight excluding hydrogens is 340 g/mol. The van der Waals surface area contributed by atoms with Crippen LogP contribution in [-0.4, -0.2) is 21.1 Å². The molecule has 0 aliphatic carbocycles. The van der Waals surface area contributed by atoms with Crippen molar-refractivity contribution in [3.8, 4) is 0 Å². The molecule has 4 nitrogen and oxygen atoms in total. The Kier molecular flexibility index (Phi) is 5.47. The third kappa shape index (κ3) is 4.55. The van der Waals surface area contributed by atoms with Crippen molar-refractivity contribution < 1.29 is 0 Å². The van der Waals surface area contributed by atoms with Gasteiger partial charge in [0.1, 0.15) is 0 Å². The Balaban J connectivity index is 1.74. The average molecular weight is 365 g/mol. The SMILES string of the molecule is CC(C)(C)c1ccc(/C=N\n2c(CCc3ccccc3)n[nH]c2=S)cc1. The van der Waals surface area contributed by atoms with E-state index in [-0.39, 0.29) is 5.41 Å². The Hall–Kier alpha value is -2.53. The van der Waals surface area contributed by atoms with Crippen molar-refractivity contribution in [1.29, 1.82) is 0 Å². The van der Waals surface area contributed by atoms with Crippen LogP contribution in [0.5, 0.6) is 0 Å². The van der Waals surface area contributed by atoms with Crippen LogP contribution in [0.3, 0.4) is 0 Å². The van der Waals surface area contributed by atoms with Crippen molar-refractivity contribution in [3.63, 3.8) is 0 Å². The standard InChI is InChI=1S/C21H24N4S/c1-21(2,3)18-12-9-17(10-13-18)15-22-25-19(23-24-20(25)26)14-11-16-7-5-4-6-8-16/h4-10,12-13,15H,11,14H2,1-3H3,(H,24,26)/b22-15-. The second kappa shape index (κ2) is 7.79. The van der Waals surface area contributed by atoms with E-state index in [0.717, 1.165) is 24.2 Å². The first kappa shape index (κ1) is 18.3. The number of rotatable bonds is 5. The van der Waals surface area contributed by atoms with Gasteiger partial charge in [-0.15, -0.1) is 0 Å². The minimum atomic E-state index is 0.146. The number of benzene rings is 2. The molecule has 134 valence electrons. The van der Waals surface area contributed by atoms with Gasteiger partial charge in [0.2, 0.25) is 4.77 Å². The van der Waals surface area contributed by atoms with E-state index in [9.17, 15) is 0 Å². The Morgan fingerprint density at radius 2 is 1.73 bits per heavy atom. The summed E-state index contributed by atoms with van der Waals surface area (Å²) < 4.78 is 2.21. The van der Waals surface area contributed by atoms with Gasteiger partial charge in [-0.1, -0.05) is 75.4 Å². The number of H-pyrrole nitrogens is 1. The van der Waals surface area contributed by atoms with Crippen LogP contribution in [0.25, 0.3) is 0 Å². The zero-order valence-electron chi connectivity index (χ0n) is 15.4. The van der Waals surface area contributed by atoms with Gasteiger partial charge in [-0.05, 0) is 40.7 Å². The number of hydrogen-bond acceptors (Lipinski definition) is 3.